The predicted octanol–water partition coefficient (Wildman–Crippen LogP) is 9.47. The normalized spacial score (nSPS) is 12.5. The third-order valence-electron chi connectivity index (χ3n) is 6.88. The quantitative estimate of drug-likeness (QED) is 0.218. The van der Waals surface area contributed by atoms with Crippen molar-refractivity contribution in [3.63, 3.8) is 0 Å². The third-order valence-corrected chi connectivity index (χ3v) is 6.88. The Hall–Kier alpha value is -1.57. The monoisotopic (exact) mass is 424 g/mol. The number of imidazole rings is 1. The molecule has 0 aliphatic carbocycles. The molecule has 0 saturated heterocycles. The lowest BCUT2D eigenvalue weighted by atomic mass is 9.83. The van der Waals surface area contributed by atoms with Crippen molar-refractivity contribution in [1.29, 1.82) is 0 Å². The maximum absolute atomic E-state index is 4.32. The molecule has 2 nitrogen and oxygen atoms in total. The van der Waals surface area contributed by atoms with E-state index in [2.05, 4.69) is 60.8 Å². The van der Waals surface area contributed by atoms with Gasteiger partial charge in [0, 0.05) is 12.4 Å². The van der Waals surface area contributed by atoms with Gasteiger partial charge in [0.1, 0.15) is 0 Å². The van der Waals surface area contributed by atoms with Crippen LogP contribution < -0.4 is 0 Å². The Morgan fingerprint density at radius 1 is 0.710 bits per heavy atom. The first-order valence-electron chi connectivity index (χ1n) is 13.4. The molecule has 1 atom stereocenters. The summed E-state index contributed by atoms with van der Waals surface area (Å²) >= 11 is 0. The Morgan fingerprint density at radius 3 is 1.77 bits per heavy atom. The highest BCUT2D eigenvalue weighted by Gasteiger charge is 2.20. The van der Waals surface area contributed by atoms with Gasteiger partial charge >= 0.3 is 0 Å². The summed E-state index contributed by atoms with van der Waals surface area (Å²) in [6, 6.07) is 9.68. The third kappa shape index (κ3) is 9.21. The van der Waals surface area contributed by atoms with E-state index < -0.39 is 0 Å². The van der Waals surface area contributed by atoms with Gasteiger partial charge in [0.25, 0.3) is 0 Å². The fourth-order valence-electron chi connectivity index (χ4n) is 5.03. The molecular formula is C29H48N2. The van der Waals surface area contributed by atoms with Crippen molar-refractivity contribution in [1.82, 2.24) is 9.55 Å². The lowest BCUT2D eigenvalue weighted by Crippen LogP contribution is -2.13. The lowest BCUT2D eigenvalue weighted by Gasteiger charge is -2.26. The molecule has 0 N–H and O–H groups in total. The van der Waals surface area contributed by atoms with E-state index in [4.69, 9.17) is 0 Å². The molecule has 174 valence electrons. The van der Waals surface area contributed by atoms with Crippen LogP contribution in [0, 0.1) is 0 Å². The van der Waals surface area contributed by atoms with Gasteiger partial charge in [-0.15, -0.1) is 0 Å². The topological polar surface area (TPSA) is 17.8 Å². The number of nitrogens with zero attached hydrogens (tertiary/aromatic N) is 2. The highest BCUT2D eigenvalue weighted by molar-refractivity contribution is 5.33. The van der Waals surface area contributed by atoms with E-state index >= 15 is 0 Å². The zero-order chi connectivity index (χ0) is 22.2. The SMILES string of the molecule is CCCCCCCCC(CCCCCCCC)c1ccccc1C(CC)n1ccnc1. The summed E-state index contributed by atoms with van der Waals surface area (Å²) in [6.45, 7) is 6.91. The zero-order valence-electron chi connectivity index (χ0n) is 20.7. The summed E-state index contributed by atoms with van der Waals surface area (Å²) in [5.41, 5.74) is 3.12. The minimum atomic E-state index is 0.398. The van der Waals surface area contributed by atoms with E-state index in [0.29, 0.717) is 12.0 Å². The molecule has 0 spiro atoms. The van der Waals surface area contributed by atoms with Crippen molar-refractivity contribution in [3.8, 4) is 0 Å². The Labute approximate surface area is 192 Å². The summed E-state index contributed by atoms with van der Waals surface area (Å²) < 4.78 is 2.30. The summed E-state index contributed by atoms with van der Waals surface area (Å²) in [4.78, 5) is 4.32. The average molecular weight is 425 g/mol. The number of aromatic nitrogens is 2. The molecule has 1 heterocycles. The Balaban J connectivity index is 2.06. The molecular weight excluding hydrogens is 376 g/mol. The summed E-state index contributed by atoms with van der Waals surface area (Å²) in [5, 5.41) is 0. The van der Waals surface area contributed by atoms with Crippen LogP contribution in [0.5, 0.6) is 0 Å². The van der Waals surface area contributed by atoms with E-state index in [-0.39, 0.29) is 0 Å². The fraction of sp³-hybridized carbons (Fsp3) is 0.690. The van der Waals surface area contributed by atoms with Gasteiger partial charge in [0.2, 0.25) is 0 Å². The molecule has 2 aromatic rings. The van der Waals surface area contributed by atoms with Gasteiger partial charge in [-0.3, -0.25) is 0 Å². The number of hydrogen-bond donors (Lipinski definition) is 0. The molecule has 0 amide bonds. The van der Waals surface area contributed by atoms with E-state index in [1.165, 1.54) is 95.5 Å². The molecule has 0 aliphatic heterocycles. The Kier molecular flexibility index (Phi) is 13.4. The molecule has 2 rings (SSSR count). The Bertz CT molecular complexity index is 645. The first-order valence-corrected chi connectivity index (χ1v) is 13.4. The molecule has 31 heavy (non-hydrogen) atoms. The summed E-state index contributed by atoms with van der Waals surface area (Å²) in [6.07, 6.45) is 26.5. The first kappa shape index (κ1) is 25.7. The van der Waals surface area contributed by atoms with Crippen LogP contribution in [0.15, 0.2) is 43.0 Å². The predicted molar refractivity (Wildman–Crippen MR) is 136 cm³/mol. The summed E-state index contributed by atoms with van der Waals surface area (Å²) in [5.74, 6) is 0.700. The maximum Gasteiger partial charge on any atom is 0.0951 e. The summed E-state index contributed by atoms with van der Waals surface area (Å²) in [7, 11) is 0. The van der Waals surface area contributed by atoms with Crippen LogP contribution in [0.4, 0.5) is 0 Å². The van der Waals surface area contributed by atoms with Gasteiger partial charge in [-0.2, -0.15) is 0 Å². The highest BCUT2D eigenvalue weighted by atomic mass is 15.0. The second-order valence-electron chi connectivity index (χ2n) is 9.37. The number of unbranched alkanes of at least 4 members (excludes halogenated alkanes) is 10. The molecule has 2 heteroatoms. The highest BCUT2D eigenvalue weighted by Crippen LogP contribution is 2.35. The molecule has 0 aliphatic rings. The van der Waals surface area contributed by atoms with Crippen LogP contribution in [0.1, 0.15) is 140 Å². The molecule has 1 aromatic heterocycles. The van der Waals surface area contributed by atoms with Crippen molar-refractivity contribution in [2.24, 2.45) is 0 Å². The molecule has 0 bridgehead atoms. The number of benzene rings is 1. The van der Waals surface area contributed by atoms with Crippen LogP contribution in [-0.2, 0) is 0 Å². The van der Waals surface area contributed by atoms with Crippen molar-refractivity contribution in [2.75, 3.05) is 0 Å². The Morgan fingerprint density at radius 2 is 1.26 bits per heavy atom. The minimum Gasteiger partial charge on any atom is -0.330 e. The van der Waals surface area contributed by atoms with Gasteiger partial charge in [0.15, 0.2) is 0 Å². The van der Waals surface area contributed by atoms with Crippen molar-refractivity contribution in [3.05, 3.63) is 54.1 Å². The fourth-order valence-corrected chi connectivity index (χ4v) is 5.03. The van der Waals surface area contributed by atoms with E-state index in [1.807, 2.05) is 12.5 Å². The second kappa shape index (κ2) is 16.1. The van der Waals surface area contributed by atoms with Gasteiger partial charge in [-0.05, 0) is 36.3 Å². The van der Waals surface area contributed by atoms with Crippen molar-refractivity contribution in [2.45, 2.75) is 129 Å². The lowest BCUT2D eigenvalue weighted by molar-refractivity contribution is 0.476. The molecule has 1 aromatic carbocycles. The smallest absolute Gasteiger partial charge is 0.0951 e. The van der Waals surface area contributed by atoms with Crippen LogP contribution in [0.2, 0.25) is 0 Å². The van der Waals surface area contributed by atoms with Crippen LogP contribution >= 0.6 is 0 Å². The van der Waals surface area contributed by atoms with Gasteiger partial charge in [-0.1, -0.05) is 122 Å². The number of hydrogen-bond acceptors (Lipinski definition) is 1. The van der Waals surface area contributed by atoms with E-state index in [0.717, 1.165) is 6.42 Å². The van der Waals surface area contributed by atoms with Gasteiger partial charge in [0.05, 0.1) is 12.4 Å². The standard InChI is InChI=1S/C29H48N2/c1-4-7-9-11-13-15-19-26(20-16-14-12-10-8-5-2)27-21-17-18-22-28(27)29(6-3)31-24-23-30-25-31/h17-18,21-26,29H,4-16,19-20H2,1-3H3. The van der Waals surface area contributed by atoms with Crippen molar-refractivity contribution >= 4 is 0 Å². The first-order chi connectivity index (χ1) is 15.3. The average Bonchev–Trinajstić information content (AvgIpc) is 3.32. The number of rotatable bonds is 18. The molecule has 0 fully saturated rings. The minimum absolute atomic E-state index is 0.398. The van der Waals surface area contributed by atoms with Gasteiger partial charge < -0.3 is 4.57 Å². The zero-order valence-corrected chi connectivity index (χ0v) is 20.7. The van der Waals surface area contributed by atoms with Crippen LogP contribution in [0.3, 0.4) is 0 Å². The van der Waals surface area contributed by atoms with Crippen LogP contribution in [0.25, 0.3) is 0 Å². The second-order valence-corrected chi connectivity index (χ2v) is 9.37. The van der Waals surface area contributed by atoms with E-state index in [9.17, 15) is 0 Å². The maximum atomic E-state index is 4.32. The molecule has 0 saturated carbocycles. The van der Waals surface area contributed by atoms with E-state index in [1.54, 1.807) is 5.56 Å². The largest absolute Gasteiger partial charge is 0.330 e. The molecule has 0 radical (unpaired) electrons. The van der Waals surface area contributed by atoms with Gasteiger partial charge in [-0.25, -0.2) is 4.98 Å². The molecule has 1 unspecified atom stereocenters. The van der Waals surface area contributed by atoms with Crippen molar-refractivity contribution < 1.29 is 0 Å². The van der Waals surface area contributed by atoms with Crippen LogP contribution in [-0.4, -0.2) is 9.55 Å².